The minimum atomic E-state index is 0.304. The highest BCUT2D eigenvalue weighted by atomic mass is 15.3. The van der Waals surface area contributed by atoms with Gasteiger partial charge in [0.1, 0.15) is 0 Å². The van der Waals surface area contributed by atoms with Gasteiger partial charge in [0.25, 0.3) is 0 Å². The first kappa shape index (κ1) is 12.8. The zero-order valence-corrected chi connectivity index (χ0v) is 11.6. The number of hydrogen-bond donors (Lipinski definition) is 1. The molecule has 18 heavy (non-hydrogen) atoms. The van der Waals surface area contributed by atoms with Gasteiger partial charge in [-0.2, -0.15) is 5.10 Å². The van der Waals surface area contributed by atoms with Gasteiger partial charge in [-0.05, 0) is 44.5 Å². The van der Waals surface area contributed by atoms with E-state index in [1.165, 1.54) is 22.4 Å². The van der Waals surface area contributed by atoms with Gasteiger partial charge in [-0.1, -0.05) is 23.8 Å². The van der Waals surface area contributed by atoms with Crippen molar-refractivity contribution in [3.63, 3.8) is 0 Å². The highest BCUT2D eigenvalue weighted by molar-refractivity contribution is 5.32. The van der Waals surface area contributed by atoms with E-state index in [1.54, 1.807) is 0 Å². The number of nitrogens with zero attached hydrogens (tertiary/aromatic N) is 2. The van der Waals surface area contributed by atoms with Crippen LogP contribution in [-0.2, 0) is 13.5 Å². The normalized spacial score (nSPS) is 12.7. The average Bonchev–Trinajstić information content (AvgIpc) is 2.77. The van der Waals surface area contributed by atoms with Crippen molar-refractivity contribution in [2.45, 2.75) is 26.3 Å². The van der Waals surface area contributed by atoms with Gasteiger partial charge < -0.3 is 5.32 Å². The molecule has 0 saturated heterocycles. The van der Waals surface area contributed by atoms with E-state index in [4.69, 9.17) is 0 Å². The van der Waals surface area contributed by atoms with E-state index >= 15 is 0 Å². The largest absolute Gasteiger partial charge is 0.311 e. The summed E-state index contributed by atoms with van der Waals surface area (Å²) < 4.78 is 1.94. The van der Waals surface area contributed by atoms with E-state index in [-0.39, 0.29) is 0 Å². The van der Waals surface area contributed by atoms with Gasteiger partial charge in [-0.15, -0.1) is 0 Å². The summed E-state index contributed by atoms with van der Waals surface area (Å²) >= 11 is 0. The molecule has 96 valence electrons. The minimum Gasteiger partial charge on any atom is -0.311 e. The SMILES string of the molecule is CNC(Cc1cc(C)ccc1C)c1ccnn1C. The van der Waals surface area contributed by atoms with Crippen molar-refractivity contribution in [3.8, 4) is 0 Å². The number of aromatic nitrogens is 2. The Morgan fingerprint density at radius 1 is 1.28 bits per heavy atom. The Morgan fingerprint density at radius 3 is 2.67 bits per heavy atom. The van der Waals surface area contributed by atoms with Crippen molar-refractivity contribution in [2.75, 3.05) is 7.05 Å². The van der Waals surface area contributed by atoms with Crippen LogP contribution in [0.5, 0.6) is 0 Å². The van der Waals surface area contributed by atoms with E-state index < -0.39 is 0 Å². The summed E-state index contributed by atoms with van der Waals surface area (Å²) in [5.41, 5.74) is 5.28. The van der Waals surface area contributed by atoms with Crippen LogP contribution >= 0.6 is 0 Å². The Kier molecular flexibility index (Phi) is 3.82. The molecule has 0 bridgehead atoms. The maximum absolute atomic E-state index is 4.24. The maximum atomic E-state index is 4.24. The first-order valence-electron chi connectivity index (χ1n) is 6.33. The molecular formula is C15H21N3. The number of aryl methyl sites for hydroxylation is 3. The molecule has 3 heteroatoms. The monoisotopic (exact) mass is 243 g/mol. The summed E-state index contributed by atoms with van der Waals surface area (Å²) in [6.45, 7) is 4.31. The zero-order chi connectivity index (χ0) is 13.1. The molecule has 0 spiro atoms. The summed E-state index contributed by atoms with van der Waals surface area (Å²) in [5.74, 6) is 0. The quantitative estimate of drug-likeness (QED) is 0.894. The van der Waals surface area contributed by atoms with Crippen LogP contribution in [0.3, 0.4) is 0 Å². The van der Waals surface area contributed by atoms with E-state index in [9.17, 15) is 0 Å². The van der Waals surface area contributed by atoms with Crippen LogP contribution in [0.4, 0.5) is 0 Å². The number of benzene rings is 1. The topological polar surface area (TPSA) is 29.9 Å². The number of nitrogens with one attached hydrogen (secondary N) is 1. The predicted molar refractivity (Wildman–Crippen MR) is 74.6 cm³/mol. The molecule has 0 aliphatic carbocycles. The Morgan fingerprint density at radius 2 is 2.06 bits per heavy atom. The third-order valence-electron chi connectivity index (χ3n) is 3.49. The van der Waals surface area contributed by atoms with Gasteiger partial charge in [0.05, 0.1) is 11.7 Å². The second-order valence-electron chi connectivity index (χ2n) is 4.86. The minimum absolute atomic E-state index is 0.304. The predicted octanol–water partition coefficient (Wildman–Crippen LogP) is 2.54. The molecule has 0 aliphatic rings. The summed E-state index contributed by atoms with van der Waals surface area (Å²) in [4.78, 5) is 0. The van der Waals surface area contributed by atoms with Gasteiger partial charge in [-0.3, -0.25) is 4.68 Å². The van der Waals surface area contributed by atoms with Crippen LogP contribution in [0.1, 0.15) is 28.4 Å². The molecule has 1 N–H and O–H groups in total. The number of rotatable bonds is 4. The Labute approximate surface area is 109 Å². The van der Waals surface area contributed by atoms with Crippen LogP contribution in [0.2, 0.25) is 0 Å². The Balaban J connectivity index is 2.26. The fraction of sp³-hybridized carbons (Fsp3) is 0.400. The third kappa shape index (κ3) is 2.62. The third-order valence-corrected chi connectivity index (χ3v) is 3.49. The average molecular weight is 243 g/mol. The Bertz CT molecular complexity index is 528. The lowest BCUT2D eigenvalue weighted by Crippen LogP contribution is -2.22. The molecular weight excluding hydrogens is 222 g/mol. The molecule has 0 amide bonds. The fourth-order valence-corrected chi connectivity index (χ4v) is 2.32. The van der Waals surface area contributed by atoms with E-state index in [0.29, 0.717) is 6.04 Å². The van der Waals surface area contributed by atoms with Crippen molar-refractivity contribution in [3.05, 3.63) is 52.8 Å². The molecule has 1 atom stereocenters. The molecule has 1 heterocycles. The highest BCUT2D eigenvalue weighted by Gasteiger charge is 2.14. The van der Waals surface area contributed by atoms with Gasteiger partial charge in [0.15, 0.2) is 0 Å². The zero-order valence-electron chi connectivity index (χ0n) is 11.6. The van der Waals surface area contributed by atoms with Crippen molar-refractivity contribution < 1.29 is 0 Å². The molecule has 0 radical (unpaired) electrons. The second kappa shape index (κ2) is 5.36. The molecule has 1 aromatic heterocycles. The summed E-state index contributed by atoms with van der Waals surface area (Å²) in [5, 5.41) is 7.62. The van der Waals surface area contributed by atoms with Crippen LogP contribution < -0.4 is 5.32 Å². The summed E-state index contributed by atoms with van der Waals surface area (Å²) in [7, 11) is 3.99. The number of likely N-dealkylation sites (N-methyl/N-ethyl adjacent to an activating group) is 1. The van der Waals surface area contributed by atoms with Gasteiger partial charge in [0.2, 0.25) is 0 Å². The standard InChI is InChI=1S/C15H21N3/c1-11-5-6-12(2)13(9-11)10-14(16-3)15-7-8-17-18(15)4/h5-9,14,16H,10H2,1-4H3. The van der Waals surface area contributed by atoms with Gasteiger partial charge in [-0.25, -0.2) is 0 Å². The van der Waals surface area contributed by atoms with Crippen LogP contribution in [-0.4, -0.2) is 16.8 Å². The van der Waals surface area contributed by atoms with E-state index in [2.05, 4.69) is 48.5 Å². The van der Waals surface area contributed by atoms with Gasteiger partial charge in [0, 0.05) is 13.2 Å². The van der Waals surface area contributed by atoms with Gasteiger partial charge >= 0.3 is 0 Å². The van der Waals surface area contributed by atoms with Crippen molar-refractivity contribution >= 4 is 0 Å². The molecule has 0 aliphatic heterocycles. The fourth-order valence-electron chi connectivity index (χ4n) is 2.32. The van der Waals surface area contributed by atoms with E-state index in [0.717, 1.165) is 6.42 Å². The lowest BCUT2D eigenvalue weighted by molar-refractivity contribution is 0.536. The molecule has 0 saturated carbocycles. The van der Waals surface area contributed by atoms with Crippen molar-refractivity contribution in [1.82, 2.24) is 15.1 Å². The summed E-state index contributed by atoms with van der Waals surface area (Å²) in [6, 6.07) is 9.01. The first-order chi connectivity index (χ1) is 8.61. The molecule has 2 aromatic rings. The van der Waals surface area contributed by atoms with Crippen LogP contribution in [0.15, 0.2) is 30.5 Å². The second-order valence-corrected chi connectivity index (χ2v) is 4.86. The van der Waals surface area contributed by atoms with Crippen LogP contribution in [0, 0.1) is 13.8 Å². The highest BCUT2D eigenvalue weighted by Crippen LogP contribution is 2.20. The molecule has 0 fully saturated rings. The Hall–Kier alpha value is -1.61. The molecule has 1 aromatic carbocycles. The van der Waals surface area contributed by atoms with Crippen molar-refractivity contribution in [2.24, 2.45) is 7.05 Å². The molecule has 3 nitrogen and oxygen atoms in total. The van der Waals surface area contributed by atoms with Crippen molar-refractivity contribution in [1.29, 1.82) is 0 Å². The van der Waals surface area contributed by atoms with E-state index in [1.807, 2.05) is 25.0 Å². The number of hydrogen-bond acceptors (Lipinski definition) is 2. The smallest absolute Gasteiger partial charge is 0.0553 e. The molecule has 2 rings (SSSR count). The first-order valence-corrected chi connectivity index (χ1v) is 6.33. The summed E-state index contributed by atoms with van der Waals surface area (Å²) in [6.07, 6.45) is 2.84. The van der Waals surface area contributed by atoms with Crippen LogP contribution in [0.25, 0.3) is 0 Å². The lowest BCUT2D eigenvalue weighted by Gasteiger charge is -2.18. The maximum Gasteiger partial charge on any atom is 0.0553 e. The lowest BCUT2D eigenvalue weighted by atomic mass is 9.97. The molecule has 1 unspecified atom stereocenters.